The van der Waals surface area contributed by atoms with Crippen molar-refractivity contribution in [1.29, 1.82) is 5.26 Å². The van der Waals surface area contributed by atoms with Gasteiger partial charge in [0.2, 0.25) is 0 Å². The topological polar surface area (TPSA) is 80.8 Å². The predicted octanol–water partition coefficient (Wildman–Crippen LogP) is 4.14. The van der Waals surface area contributed by atoms with Crippen LogP contribution in [0.3, 0.4) is 0 Å². The minimum Gasteiger partial charge on any atom is -0.447 e. The van der Waals surface area contributed by atoms with Crippen molar-refractivity contribution in [2.45, 2.75) is 18.2 Å². The van der Waals surface area contributed by atoms with Gasteiger partial charge < -0.3 is 4.74 Å². The summed E-state index contributed by atoms with van der Waals surface area (Å²) in [5, 5.41) is 18.4. The molecule has 3 aromatic rings. The number of ether oxygens (including phenoxy) is 1. The Hall–Kier alpha value is -2.82. The summed E-state index contributed by atoms with van der Waals surface area (Å²) in [6.07, 6.45) is -0.785. The molecule has 0 amide bonds. The molecule has 0 aliphatic heterocycles. The second-order valence-corrected chi connectivity index (χ2v) is 6.91. The van der Waals surface area contributed by atoms with E-state index in [1.54, 1.807) is 12.1 Å². The van der Waals surface area contributed by atoms with Crippen LogP contribution in [0.5, 0.6) is 0 Å². The van der Waals surface area contributed by atoms with Crippen LogP contribution in [0.15, 0.2) is 59.8 Å². The predicted molar refractivity (Wildman–Crippen MR) is 104 cm³/mol. The fourth-order valence-electron chi connectivity index (χ4n) is 2.34. The Morgan fingerprint density at radius 2 is 1.93 bits per heavy atom. The van der Waals surface area contributed by atoms with Crippen LogP contribution in [0.25, 0.3) is 17.1 Å². The van der Waals surface area contributed by atoms with Crippen molar-refractivity contribution in [2.75, 3.05) is 5.75 Å². The van der Waals surface area contributed by atoms with Crippen molar-refractivity contribution < 1.29 is 9.53 Å². The molecular weight excluding hydrogens is 384 g/mol. The monoisotopic (exact) mass is 398 g/mol. The smallest absolute Gasteiger partial charge is 0.317 e. The van der Waals surface area contributed by atoms with Crippen LogP contribution in [0.2, 0.25) is 5.02 Å². The number of carbonyl (C=O) groups is 1. The van der Waals surface area contributed by atoms with E-state index in [-0.39, 0.29) is 5.75 Å². The number of hydrogen-bond acceptors (Lipinski definition) is 6. The summed E-state index contributed by atoms with van der Waals surface area (Å²) in [6, 6.07) is 18.8. The highest BCUT2D eigenvalue weighted by atomic mass is 35.5. The van der Waals surface area contributed by atoms with E-state index in [0.717, 1.165) is 11.3 Å². The summed E-state index contributed by atoms with van der Waals surface area (Å²) in [7, 11) is 0. The molecule has 1 atom stereocenters. The first kappa shape index (κ1) is 19.0. The van der Waals surface area contributed by atoms with E-state index in [2.05, 4.69) is 10.2 Å². The molecule has 0 unspecified atom stereocenters. The van der Waals surface area contributed by atoms with Crippen LogP contribution in [0.4, 0.5) is 0 Å². The number of rotatable bonds is 6. The molecule has 0 fully saturated rings. The minimum absolute atomic E-state index is 0.0204. The van der Waals surface area contributed by atoms with Gasteiger partial charge in [-0.25, -0.2) is 0 Å². The number of thioether (sulfide) groups is 1. The van der Waals surface area contributed by atoms with Gasteiger partial charge in [0.25, 0.3) is 0 Å². The first-order valence-electron chi connectivity index (χ1n) is 8.07. The Bertz CT molecular complexity index is 968. The summed E-state index contributed by atoms with van der Waals surface area (Å²) in [6.45, 7) is 1.52. The average molecular weight is 399 g/mol. The second kappa shape index (κ2) is 8.71. The Kier molecular flexibility index (Phi) is 6.12. The normalized spacial score (nSPS) is 11.6. The quantitative estimate of drug-likeness (QED) is 0.458. The molecule has 6 nitrogen and oxygen atoms in total. The zero-order valence-corrected chi connectivity index (χ0v) is 15.9. The number of esters is 1. The van der Waals surface area contributed by atoms with Crippen LogP contribution in [0.1, 0.15) is 6.92 Å². The molecule has 0 saturated carbocycles. The van der Waals surface area contributed by atoms with E-state index in [9.17, 15) is 4.79 Å². The third-order valence-corrected chi connectivity index (χ3v) is 4.71. The molecule has 0 saturated heterocycles. The molecule has 0 radical (unpaired) electrons. The SMILES string of the molecule is C[C@H](C#N)OC(=O)CSc1nnc(-c2ccccc2)n1-c1ccc(Cl)cc1. The van der Waals surface area contributed by atoms with Crippen molar-refractivity contribution in [3.63, 3.8) is 0 Å². The maximum Gasteiger partial charge on any atom is 0.317 e. The van der Waals surface area contributed by atoms with Crippen molar-refractivity contribution in [3.05, 3.63) is 59.6 Å². The van der Waals surface area contributed by atoms with E-state index in [1.165, 1.54) is 18.7 Å². The molecule has 1 heterocycles. The van der Waals surface area contributed by atoms with Crippen LogP contribution >= 0.6 is 23.4 Å². The summed E-state index contributed by atoms with van der Waals surface area (Å²) in [5.41, 5.74) is 1.72. The standard InChI is InChI=1S/C19H15ClN4O2S/c1-13(11-21)26-17(25)12-27-19-23-22-18(14-5-3-2-4-6-14)24(19)16-9-7-15(20)8-10-16/h2-10,13H,12H2,1H3/t13-/m1/s1. The molecule has 1 aromatic heterocycles. The first-order valence-corrected chi connectivity index (χ1v) is 9.43. The Morgan fingerprint density at radius 3 is 2.59 bits per heavy atom. The van der Waals surface area contributed by atoms with Gasteiger partial charge in [-0.2, -0.15) is 5.26 Å². The number of benzene rings is 2. The van der Waals surface area contributed by atoms with Crippen LogP contribution in [-0.2, 0) is 9.53 Å². The number of carbonyl (C=O) groups excluding carboxylic acids is 1. The molecule has 2 aromatic carbocycles. The lowest BCUT2D eigenvalue weighted by atomic mass is 10.2. The van der Waals surface area contributed by atoms with Crippen LogP contribution in [-0.4, -0.2) is 32.6 Å². The summed E-state index contributed by atoms with van der Waals surface area (Å²) in [5.74, 6) is 0.187. The highest BCUT2D eigenvalue weighted by Gasteiger charge is 2.18. The van der Waals surface area contributed by atoms with E-state index in [4.69, 9.17) is 21.6 Å². The second-order valence-electron chi connectivity index (χ2n) is 5.53. The highest BCUT2D eigenvalue weighted by Crippen LogP contribution is 2.28. The van der Waals surface area contributed by atoms with E-state index < -0.39 is 12.1 Å². The fraction of sp³-hybridized carbons (Fsp3) is 0.158. The zero-order chi connectivity index (χ0) is 19.2. The zero-order valence-electron chi connectivity index (χ0n) is 14.4. The van der Waals surface area contributed by atoms with Crippen molar-refractivity contribution in [3.8, 4) is 23.1 Å². The van der Waals surface area contributed by atoms with Gasteiger partial charge in [0.1, 0.15) is 6.07 Å². The maximum atomic E-state index is 11.9. The van der Waals surface area contributed by atoms with Crippen LogP contribution < -0.4 is 0 Å². The third-order valence-electron chi connectivity index (χ3n) is 3.56. The minimum atomic E-state index is -0.785. The van der Waals surface area contributed by atoms with Crippen LogP contribution in [0, 0.1) is 11.3 Å². The Morgan fingerprint density at radius 1 is 1.22 bits per heavy atom. The van der Waals surface area contributed by atoms with E-state index >= 15 is 0 Å². The van der Waals surface area contributed by atoms with Gasteiger partial charge in [0.05, 0.1) is 5.75 Å². The Balaban J connectivity index is 1.92. The highest BCUT2D eigenvalue weighted by molar-refractivity contribution is 7.99. The van der Waals surface area contributed by atoms with Gasteiger partial charge in [-0.3, -0.25) is 9.36 Å². The summed E-state index contributed by atoms with van der Waals surface area (Å²) >= 11 is 7.20. The number of nitriles is 1. The lowest BCUT2D eigenvalue weighted by Crippen LogP contribution is -2.15. The molecule has 0 spiro atoms. The number of hydrogen-bond donors (Lipinski definition) is 0. The van der Waals surface area contributed by atoms with Crippen molar-refractivity contribution in [2.24, 2.45) is 0 Å². The molecule has 8 heteroatoms. The molecule has 0 aliphatic carbocycles. The summed E-state index contributed by atoms with van der Waals surface area (Å²) < 4.78 is 6.84. The fourth-order valence-corrected chi connectivity index (χ4v) is 3.20. The molecule has 0 bridgehead atoms. The van der Waals surface area contributed by atoms with Crippen molar-refractivity contribution >= 4 is 29.3 Å². The maximum absolute atomic E-state index is 11.9. The molecule has 0 aliphatic rings. The number of nitrogens with zero attached hydrogens (tertiary/aromatic N) is 4. The number of aromatic nitrogens is 3. The summed E-state index contributed by atoms with van der Waals surface area (Å²) in [4.78, 5) is 11.9. The van der Waals surface area contributed by atoms with E-state index in [1.807, 2.05) is 53.1 Å². The molecule has 27 heavy (non-hydrogen) atoms. The van der Waals surface area contributed by atoms with Gasteiger partial charge in [0, 0.05) is 16.3 Å². The number of halogens is 1. The van der Waals surface area contributed by atoms with E-state index in [0.29, 0.717) is 16.0 Å². The van der Waals surface area contributed by atoms with Gasteiger partial charge in [-0.15, -0.1) is 10.2 Å². The largest absolute Gasteiger partial charge is 0.447 e. The lowest BCUT2D eigenvalue weighted by molar-refractivity contribution is -0.142. The van der Waals surface area contributed by atoms with Crippen molar-refractivity contribution in [1.82, 2.24) is 14.8 Å². The molecule has 136 valence electrons. The van der Waals surface area contributed by atoms with Gasteiger partial charge >= 0.3 is 5.97 Å². The van der Waals surface area contributed by atoms with Gasteiger partial charge in [0.15, 0.2) is 17.1 Å². The average Bonchev–Trinajstić information content (AvgIpc) is 3.11. The lowest BCUT2D eigenvalue weighted by Gasteiger charge is -2.11. The molecule has 0 N–H and O–H groups in total. The van der Waals surface area contributed by atoms with Gasteiger partial charge in [-0.1, -0.05) is 53.7 Å². The molecule has 3 rings (SSSR count). The molecular formula is C19H15ClN4O2S. The Labute approximate surface area is 165 Å². The third kappa shape index (κ3) is 4.67. The van der Waals surface area contributed by atoms with Gasteiger partial charge in [-0.05, 0) is 31.2 Å². The first-order chi connectivity index (χ1) is 13.1.